The Morgan fingerprint density at radius 3 is 2.96 bits per heavy atom. The molecule has 1 aliphatic rings. The zero-order chi connectivity index (χ0) is 16.9. The molecule has 1 aromatic heterocycles. The largest absolute Gasteiger partial charge is 0.384 e. The number of aromatic nitrogens is 2. The van der Waals surface area contributed by atoms with Crippen LogP contribution in [-0.2, 0) is 11.3 Å². The van der Waals surface area contributed by atoms with Gasteiger partial charge in [0.05, 0.1) is 17.6 Å². The lowest BCUT2D eigenvalue weighted by molar-refractivity contribution is 0.157. The third-order valence-corrected chi connectivity index (χ3v) is 4.66. The fourth-order valence-corrected chi connectivity index (χ4v) is 3.49. The lowest BCUT2D eigenvalue weighted by Gasteiger charge is -2.22. The second-order valence-electron chi connectivity index (χ2n) is 6.33. The van der Waals surface area contributed by atoms with Crippen molar-refractivity contribution in [3.8, 4) is 0 Å². The molecule has 1 aromatic carbocycles. The molecule has 1 aliphatic heterocycles. The summed E-state index contributed by atoms with van der Waals surface area (Å²) in [5.41, 5.74) is 2.24. The standard InChI is InChI=1S/C18H27N5O.HI/c1-14-21-16-6-4-5-7-17(16)23(14)11-9-20-18(19-2)22-10-8-15(12-22)13-24-3;/h4-7,15H,8-13H2,1-3H3,(H,19,20);1H. The van der Waals surface area contributed by atoms with Crippen LogP contribution in [0.2, 0.25) is 0 Å². The molecule has 0 radical (unpaired) electrons. The van der Waals surface area contributed by atoms with Gasteiger partial charge in [-0.25, -0.2) is 4.98 Å². The first-order valence-electron chi connectivity index (χ1n) is 8.59. The van der Waals surface area contributed by atoms with E-state index < -0.39 is 0 Å². The van der Waals surface area contributed by atoms with Crippen molar-refractivity contribution in [1.29, 1.82) is 0 Å². The van der Waals surface area contributed by atoms with Crippen LogP contribution in [0.5, 0.6) is 0 Å². The van der Waals surface area contributed by atoms with Gasteiger partial charge >= 0.3 is 0 Å². The summed E-state index contributed by atoms with van der Waals surface area (Å²) in [5.74, 6) is 2.64. The van der Waals surface area contributed by atoms with Gasteiger partial charge < -0.3 is 19.5 Å². The average Bonchev–Trinajstić information content (AvgIpc) is 3.16. The SMILES string of the molecule is CN=C(NCCn1c(C)nc2ccccc21)N1CCC(COC)C1.I. The average molecular weight is 457 g/mol. The van der Waals surface area contributed by atoms with E-state index in [1.54, 1.807) is 7.11 Å². The number of aryl methyl sites for hydroxylation is 1. The van der Waals surface area contributed by atoms with Gasteiger partial charge in [0.15, 0.2) is 5.96 Å². The predicted octanol–water partition coefficient (Wildman–Crippen LogP) is 2.51. The highest BCUT2D eigenvalue weighted by atomic mass is 127. The minimum absolute atomic E-state index is 0. The fraction of sp³-hybridized carbons (Fsp3) is 0.556. The molecule has 0 saturated carbocycles. The lowest BCUT2D eigenvalue weighted by atomic mass is 10.1. The normalized spacial score (nSPS) is 17.8. The number of benzene rings is 1. The predicted molar refractivity (Wildman–Crippen MR) is 113 cm³/mol. The smallest absolute Gasteiger partial charge is 0.193 e. The maximum atomic E-state index is 5.27. The number of aliphatic imine (C=N–C) groups is 1. The first-order chi connectivity index (χ1) is 11.7. The fourth-order valence-electron chi connectivity index (χ4n) is 3.49. The first-order valence-corrected chi connectivity index (χ1v) is 8.59. The van der Waals surface area contributed by atoms with Crippen molar-refractivity contribution in [2.75, 3.05) is 40.4 Å². The Labute approximate surface area is 166 Å². The van der Waals surface area contributed by atoms with E-state index in [0.717, 1.165) is 50.1 Å². The van der Waals surface area contributed by atoms with Crippen LogP contribution in [0, 0.1) is 12.8 Å². The van der Waals surface area contributed by atoms with Gasteiger partial charge in [-0.2, -0.15) is 0 Å². The van der Waals surface area contributed by atoms with Crippen molar-refractivity contribution in [1.82, 2.24) is 19.8 Å². The zero-order valence-corrected chi connectivity index (χ0v) is 17.6. The summed E-state index contributed by atoms with van der Waals surface area (Å²) in [5, 5.41) is 3.49. The maximum Gasteiger partial charge on any atom is 0.193 e. The minimum atomic E-state index is 0. The molecule has 1 N–H and O–H groups in total. The summed E-state index contributed by atoms with van der Waals surface area (Å²) in [4.78, 5) is 11.4. The van der Waals surface area contributed by atoms with Gasteiger partial charge in [0, 0.05) is 46.3 Å². The van der Waals surface area contributed by atoms with E-state index in [4.69, 9.17) is 4.74 Å². The van der Waals surface area contributed by atoms with E-state index in [9.17, 15) is 0 Å². The lowest BCUT2D eigenvalue weighted by Crippen LogP contribution is -2.41. The highest BCUT2D eigenvalue weighted by Gasteiger charge is 2.24. The Kier molecular flexibility index (Phi) is 7.49. The maximum absolute atomic E-state index is 5.27. The second-order valence-corrected chi connectivity index (χ2v) is 6.33. The number of fused-ring (bicyclic) bond motifs is 1. The molecule has 25 heavy (non-hydrogen) atoms. The van der Waals surface area contributed by atoms with Crippen LogP contribution < -0.4 is 5.32 Å². The molecule has 138 valence electrons. The monoisotopic (exact) mass is 457 g/mol. The molecular formula is C18H28IN5O. The number of nitrogens with zero attached hydrogens (tertiary/aromatic N) is 4. The van der Waals surface area contributed by atoms with E-state index >= 15 is 0 Å². The highest BCUT2D eigenvalue weighted by molar-refractivity contribution is 14.0. The van der Waals surface area contributed by atoms with Gasteiger partial charge in [-0.15, -0.1) is 24.0 Å². The van der Waals surface area contributed by atoms with E-state index in [1.807, 2.05) is 13.1 Å². The Bertz CT molecular complexity index is 715. The number of methoxy groups -OCH3 is 1. The number of imidazole rings is 1. The van der Waals surface area contributed by atoms with Gasteiger partial charge in [-0.05, 0) is 25.5 Å². The second kappa shape index (κ2) is 9.38. The summed E-state index contributed by atoms with van der Waals surface area (Å²) in [6.07, 6.45) is 1.17. The number of ether oxygens (including phenoxy) is 1. The third kappa shape index (κ3) is 4.63. The molecule has 1 fully saturated rings. The Balaban J connectivity index is 0.00000225. The quantitative estimate of drug-likeness (QED) is 0.426. The highest BCUT2D eigenvalue weighted by Crippen LogP contribution is 2.17. The summed E-state index contributed by atoms with van der Waals surface area (Å²) < 4.78 is 7.53. The molecule has 3 rings (SSSR count). The molecule has 1 saturated heterocycles. The van der Waals surface area contributed by atoms with Gasteiger partial charge in [0.1, 0.15) is 5.82 Å². The topological polar surface area (TPSA) is 54.7 Å². The number of likely N-dealkylation sites (tertiary alicyclic amines) is 1. The molecule has 0 aliphatic carbocycles. The van der Waals surface area contributed by atoms with Gasteiger partial charge in [-0.3, -0.25) is 4.99 Å². The molecule has 6 nitrogen and oxygen atoms in total. The number of para-hydroxylation sites is 2. The number of guanidine groups is 1. The molecule has 0 spiro atoms. The number of nitrogens with one attached hydrogen (secondary N) is 1. The molecule has 2 heterocycles. The van der Waals surface area contributed by atoms with Gasteiger partial charge in [-0.1, -0.05) is 12.1 Å². The van der Waals surface area contributed by atoms with Crippen LogP contribution in [0.1, 0.15) is 12.2 Å². The molecule has 0 bridgehead atoms. The Hall–Kier alpha value is -1.35. The van der Waals surface area contributed by atoms with Gasteiger partial charge in [0.25, 0.3) is 0 Å². The van der Waals surface area contributed by atoms with Crippen molar-refractivity contribution >= 4 is 41.0 Å². The summed E-state index contributed by atoms with van der Waals surface area (Å²) >= 11 is 0. The Morgan fingerprint density at radius 2 is 2.20 bits per heavy atom. The number of halogens is 1. The van der Waals surface area contributed by atoms with E-state index in [1.165, 1.54) is 11.9 Å². The first kappa shape index (κ1) is 20.0. The van der Waals surface area contributed by atoms with E-state index in [-0.39, 0.29) is 24.0 Å². The molecule has 2 aromatic rings. The number of hydrogen-bond acceptors (Lipinski definition) is 3. The summed E-state index contributed by atoms with van der Waals surface area (Å²) in [6.45, 7) is 6.65. The number of rotatable bonds is 5. The minimum Gasteiger partial charge on any atom is -0.384 e. The zero-order valence-electron chi connectivity index (χ0n) is 15.2. The molecule has 1 unspecified atom stereocenters. The van der Waals surface area contributed by atoms with E-state index in [0.29, 0.717) is 5.92 Å². The van der Waals surface area contributed by atoms with Crippen LogP contribution in [0.15, 0.2) is 29.3 Å². The molecular weight excluding hydrogens is 429 g/mol. The van der Waals surface area contributed by atoms with Crippen LogP contribution in [-0.4, -0.2) is 60.8 Å². The summed E-state index contributed by atoms with van der Waals surface area (Å²) in [7, 11) is 3.62. The Morgan fingerprint density at radius 1 is 1.40 bits per heavy atom. The molecule has 1 atom stereocenters. The van der Waals surface area contributed by atoms with Crippen molar-refractivity contribution in [2.24, 2.45) is 10.9 Å². The van der Waals surface area contributed by atoms with Crippen molar-refractivity contribution in [2.45, 2.75) is 19.9 Å². The third-order valence-electron chi connectivity index (χ3n) is 4.66. The van der Waals surface area contributed by atoms with Crippen molar-refractivity contribution in [3.63, 3.8) is 0 Å². The van der Waals surface area contributed by atoms with Crippen molar-refractivity contribution < 1.29 is 4.74 Å². The van der Waals surface area contributed by atoms with Crippen LogP contribution >= 0.6 is 24.0 Å². The summed E-state index contributed by atoms with van der Waals surface area (Å²) in [6, 6.07) is 8.28. The van der Waals surface area contributed by atoms with Crippen LogP contribution in [0.25, 0.3) is 11.0 Å². The van der Waals surface area contributed by atoms with Gasteiger partial charge in [0.2, 0.25) is 0 Å². The number of hydrogen-bond donors (Lipinski definition) is 1. The van der Waals surface area contributed by atoms with E-state index in [2.05, 4.69) is 49.9 Å². The van der Waals surface area contributed by atoms with Crippen molar-refractivity contribution in [3.05, 3.63) is 30.1 Å². The van der Waals surface area contributed by atoms with Crippen LogP contribution in [0.3, 0.4) is 0 Å². The van der Waals surface area contributed by atoms with Crippen LogP contribution in [0.4, 0.5) is 0 Å². The molecule has 0 amide bonds. The molecule has 7 heteroatoms.